The van der Waals surface area contributed by atoms with E-state index in [9.17, 15) is 18.4 Å². The van der Waals surface area contributed by atoms with Crippen LogP contribution in [0.4, 0.5) is 19.4 Å². The van der Waals surface area contributed by atoms with Gasteiger partial charge in [0, 0.05) is 36.3 Å². The molecule has 1 aromatic heterocycles. The number of fused-ring (bicyclic) bond motifs is 1. The fourth-order valence-electron chi connectivity index (χ4n) is 4.05. The highest BCUT2D eigenvalue weighted by Crippen LogP contribution is 2.41. The molecule has 1 aromatic carbocycles. The number of hydrogen-bond donors (Lipinski definition) is 3. The van der Waals surface area contributed by atoms with Crippen LogP contribution in [0.5, 0.6) is 0 Å². The Bertz CT molecular complexity index is 977. The molecule has 2 aromatic rings. The maximum absolute atomic E-state index is 13.4. The zero-order valence-electron chi connectivity index (χ0n) is 16.8. The lowest BCUT2D eigenvalue weighted by Crippen LogP contribution is -2.52. The molecule has 0 saturated carbocycles. The molecule has 0 unspecified atom stereocenters. The Morgan fingerprint density at radius 1 is 1.20 bits per heavy atom. The smallest absolute Gasteiger partial charge is 0.321 e. The maximum atomic E-state index is 13.4. The van der Waals surface area contributed by atoms with E-state index in [0.717, 1.165) is 25.0 Å². The van der Waals surface area contributed by atoms with Crippen LogP contribution < -0.4 is 11.1 Å². The van der Waals surface area contributed by atoms with Gasteiger partial charge in [-0.3, -0.25) is 9.89 Å². The third-order valence-corrected chi connectivity index (χ3v) is 5.87. The van der Waals surface area contributed by atoms with Crippen LogP contribution in [0.2, 0.25) is 0 Å². The fraction of sp³-hybridized carbons (Fsp3) is 0.450. The summed E-state index contributed by atoms with van der Waals surface area (Å²) in [6, 6.07) is 2.62. The number of urea groups is 1. The Hall–Kier alpha value is -3.01. The third kappa shape index (κ3) is 3.51. The Morgan fingerprint density at radius 2 is 1.83 bits per heavy atom. The molecule has 30 heavy (non-hydrogen) atoms. The quantitative estimate of drug-likeness (QED) is 0.697. The first kappa shape index (κ1) is 20.3. The highest BCUT2D eigenvalue weighted by Gasteiger charge is 2.45. The first-order valence-electron chi connectivity index (χ1n) is 9.84. The van der Waals surface area contributed by atoms with E-state index in [2.05, 4.69) is 15.5 Å². The van der Waals surface area contributed by atoms with Crippen molar-refractivity contribution >= 4 is 17.8 Å². The van der Waals surface area contributed by atoms with Gasteiger partial charge in [0.15, 0.2) is 5.82 Å². The van der Waals surface area contributed by atoms with Crippen molar-refractivity contribution < 1.29 is 18.4 Å². The lowest BCUT2D eigenvalue weighted by atomic mass is 10.0. The first-order valence-corrected chi connectivity index (χ1v) is 9.84. The standard InChI is InChI=1S/C20H24F2N6O2/c1-20(2)16-15(10-28(20)19(30)27-5-3-14(23)4-6-27)17(26-25-16)24-18(29)11-7-12(21)9-13(22)8-11/h7-9,14H,3-6,10,23H2,1-2H3,(H2,24,25,26,29). The van der Waals surface area contributed by atoms with Gasteiger partial charge in [0.25, 0.3) is 5.91 Å². The van der Waals surface area contributed by atoms with E-state index < -0.39 is 23.1 Å². The summed E-state index contributed by atoms with van der Waals surface area (Å²) in [5, 5.41) is 9.65. The van der Waals surface area contributed by atoms with E-state index in [1.807, 2.05) is 13.8 Å². The summed E-state index contributed by atoms with van der Waals surface area (Å²) in [5.41, 5.74) is 6.51. The lowest BCUT2D eigenvalue weighted by molar-refractivity contribution is 0.0984. The molecule has 1 saturated heterocycles. The number of carbonyl (C=O) groups is 2. The number of halogens is 2. The van der Waals surface area contributed by atoms with Crippen LogP contribution in [0.3, 0.4) is 0 Å². The molecule has 0 aliphatic carbocycles. The molecule has 2 aliphatic heterocycles. The van der Waals surface area contributed by atoms with Gasteiger partial charge in [-0.2, -0.15) is 5.10 Å². The number of H-pyrrole nitrogens is 1. The van der Waals surface area contributed by atoms with Gasteiger partial charge in [-0.1, -0.05) is 0 Å². The maximum Gasteiger partial charge on any atom is 0.321 e. The Balaban J connectivity index is 1.54. The van der Waals surface area contributed by atoms with Gasteiger partial charge in [-0.25, -0.2) is 13.6 Å². The minimum Gasteiger partial charge on any atom is -0.328 e. The number of nitrogens with two attached hydrogens (primary N) is 1. The molecular formula is C20H24F2N6O2. The number of nitrogens with zero attached hydrogens (tertiary/aromatic N) is 3. The Labute approximate surface area is 172 Å². The van der Waals surface area contributed by atoms with Crippen molar-refractivity contribution in [3.8, 4) is 0 Å². The number of hydrogen-bond acceptors (Lipinski definition) is 4. The second kappa shape index (κ2) is 7.35. The van der Waals surface area contributed by atoms with Crippen LogP contribution in [0.15, 0.2) is 18.2 Å². The SMILES string of the molecule is CC1(C)c2[nH]nc(NC(=O)c3cc(F)cc(F)c3)c2CN1C(=O)N1CCC(N)CC1. The molecule has 0 radical (unpaired) electrons. The van der Waals surface area contributed by atoms with E-state index in [1.165, 1.54) is 0 Å². The monoisotopic (exact) mass is 418 g/mol. The number of anilines is 1. The predicted octanol–water partition coefficient (Wildman–Crippen LogP) is 2.53. The second-order valence-electron chi connectivity index (χ2n) is 8.29. The van der Waals surface area contributed by atoms with Crippen molar-refractivity contribution in [2.45, 2.75) is 44.8 Å². The summed E-state index contributed by atoms with van der Waals surface area (Å²) in [7, 11) is 0. The normalized spacial score (nSPS) is 18.4. The van der Waals surface area contributed by atoms with Crippen molar-refractivity contribution in [1.82, 2.24) is 20.0 Å². The number of likely N-dealkylation sites (tertiary alicyclic amines) is 1. The van der Waals surface area contributed by atoms with E-state index in [-0.39, 0.29) is 30.0 Å². The number of carbonyl (C=O) groups excluding carboxylic acids is 2. The van der Waals surface area contributed by atoms with Crippen LogP contribution >= 0.6 is 0 Å². The summed E-state index contributed by atoms with van der Waals surface area (Å²) in [6.45, 7) is 5.27. The number of benzene rings is 1. The van der Waals surface area contributed by atoms with Gasteiger partial charge in [0.05, 0.1) is 17.8 Å². The van der Waals surface area contributed by atoms with E-state index >= 15 is 0 Å². The van der Waals surface area contributed by atoms with Crippen LogP contribution in [0, 0.1) is 11.6 Å². The van der Waals surface area contributed by atoms with Crippen LogP contribution in [0.1, 0.15) is 48.3 Å². The molecule has 10 heteroatoms. The van der Waals surface area contributed by atoms with Crippen molar-refractivity contribution in [1.29, 1.82) is 0 Å². The van der Waals surface area contributed by atoms with Crippen LogP contribution in [-0.2, 0) is 12.1 Å². The van der Waals surface area contributed by atoms with Gasteiger partial charge in [0.2, 0.25) is 0 Å². The summed E-state index contributed by atoms with van der Waals surface area (Å²) in [6.07, 6.45) is 1.52. The molecular weight excluding hydrogens is 394 g/mol. The number of amides is 3. The highest BCUT2D eigenvalue weighted by atomic mass is 19.1. The molecule has 3 amide bonds. The summed E-state index contributed by atoms with van der Waals surface area (Å²) < 4.78 is 26.9. The minimum atomic E-state index is -0.841. The summed E-state index contributed by atoms with van der Waals surface area (Å²) in [5.74, 6) is -2.13. The topological polar surface area (TPSA) is 107 Å². The molecule has 0 atom stereocenters. The molecule has 160 valence electrons. The molecule has 0 bridgehead atoms. The summed E-state index contributed by atoms with van der Waals surface area (Å²) in [4.78, 5) is 29.1. The van der Waals surface area contributed by atoms with Gasteiger partial charge >= 0.3 is 6.03 Å². The molecule has 4 rings (SSSR count). The summed E-state index contributed by atoms with van der Waals surface area (Å²) >= 11 is 0. The number of aromatic nitrogens is 2. The van der Waals surface area contributed by atoms with Crippen LogP contribution in [0.25, 0.3) is 0 Å². The average molecular weight is 418 g/mol. The van der Waals surface area contributed by atoms with Crippen molar-refractivity contribution in [2.75, 3.05) is 18.4 Å². The Kier molecular flexibility index (Phi) is 4.97. The number of nitrogens with one attached hydrogen (secondary N) is 2. The van der Waals surface area contributed by atoms with E-state index in [1.54, 1.807) is 9.80 Å². The van der Waals surface area contributed by atoms with Gasteiger partial charge in [-0.05, 0) is 38.8 Å². The van der Waals surface area contributed by atoms with Crippen molar-refractivity contribution in [2.24, 2.45) is 5.73 Å². The molecule has 1 fully saturated rings. The third-order valence-electron chi connectivity index (χ3n) is 5.87. The molecule has 0 spiro atoms. The minimum absolute atomic E-state index is 0.0963. The fourth-order valence-corrected chi connectivity index (χ4v) is 4.05. The van der Waals surface area contributed by atoms with Gasteiger partial charge in [-0.15, -0.1) is 0 Å². The van der Waals surface area contributed by atoms with E-state index in [4.69, 9.17) is 5.73 Å². The average Bonchev–Trinajstić information content (AvgIpc) is 3.19. The van der Waals surface area contributed by atoms with Crippen molar-refractivity contribution in [3.05, 3.63) is 46.7 Å². The Morgan fingerprint density at radius 3 is 2.47 bits per heavy atom. The molecule has 4 N–H and O–H groups in total. The zero-order valence-corrected chi connectivity index (χ0v) is 16.8. The zero-order chi connectivity index (χ0) is 21.6. The largest absolute Gasteiger partial charge is 0.328 e. The van der Waals surface area contributed by atoms with E-state index in [0.29, 0.717) is 30.4 Å². The predicted molar refractivity (Wildman–Crippen MR) is 106 cm³/mol. The molecule has 3 heterocycles. The van der Waals surface area contributed by atoms with Gasteiger partial charge in [0.1, 0.15) is 11.6 Å². The lowest BCUT2D eigenvalue weighted by Gasteiger charge is -2.38. The van der Waals surface area contributed by atoms with Gasteiger partial charge < -0.3 is 20.9 Å². The molecule has 2 aliphatic rings. The first-order chi connectivity index (χ1) is 14.2. The number of piperidine rings is 1. The number of rotatable bonds is 2. The highest BCUT2D eigenvalue weighted by molar-refractivity contribution is 6.04. The number of aromatic amines is 1. The van der Waals surface area contributed by atoms with Crippen LogP contribution in [-0.4, -0.2) is 51.1 Å². The van der Waals surface area contributed by atoms with Crippen molar-refractivity contribution in [3.63, 3.8) is 0 Å². The molecule has 8 nitrogen and oxygen atoms in total. The second-order valence-corrected chi connectivity index (χ2v) is 8.29.